The van der Waals surface area contributed by atoms with Gasteiger partial charge in [0.05, 0.1) is 11.3 Å². The third kappa shape index (κ3) is 3.05. The van der Waals surface area contributed by atoms with E-state index >= 15 is 0 Å². The Hall–Kier alpha value is -2.15. The topological polar surface area (TPSA) is 63.9 Å². The van der Waals surface area contributed by atoms with Crippen molar-refractivity contribution in [1.29, 1.82) is 0 Å². The number of aryl methyl sites for hydroxylation is 1. The van der Waals surface area contributed by atoms with Crippen molar-refractivity contribution in [2.75, 3.05) is 12.3 Å². The number of fused-ring (bicyclic) bond motifs is 3. The molecule has 2 aromatic heterocycles. The van der Waals surface area contributed by atoms with Crippen molar-refractivity contribution < 1.29 is 4.79 Å². The van der Waals surface area contributed by atoms with E-state index in [1.807, 2.05) is 23.1 Å². The number of para-hydroxylation sites is 1. The first kappa shape index (κ1) is 17.3. The van der Waals surface area contributed by atoms with E-state index in [-0.39, 0.29) is 5.91 Å². The number of hydrogen-bond donors (Lipinski definition) is 0. The number of carbonyl (C=O) groups is 1. The van der Waals surface area contributed by atoms with Crippen LogP contribution < -0.4 is 0 Å². The molecule has 0 aliphatic carbocycles. The molecule has 0 radical (unpaired) electrons. The molecule has 1 aliphatic heterocycles. The molecular weight excluding hydrogens is 346 g/mol. The van der Waals surface area contributed by atoms with E-state index in [1.165, 1.54) is 18.2 Å². The minimum absolute atomic E-state index is 0.168. The van der Waals surface area contributed by atoms with Crippen molar-refractivity contribution in [2.24, 2.45) is 0 Å². The van der Waals surface area contributed by atoms with Crippen LogP contribution >= 0.6 is 11.8 Å². The van der Waals surface area contributed by atoms with Crippen molar-refractivity contribution in [1.82, 2.24) is 24.6 Å². The normalized spacial score (nSPS) is 17.9. The van der Waals surface area contributed by atoms with Crippen LogP contribution in [0.15, 0.2) is 29.4 Å². The molecular formula is C19H23N5OS. The van der Waals surface area contributed by atoms with Crippen LogP contribution in [0.2, 0.25) is 0 Å². The van der Waals surface area contributed by atoms with Crippen LogP contribution in [0.1, 0.15) is 33.1 Å². The highest BCUT2D eigenvalue weighted by atomic mass is 32.2. The van der Waals surface area contributed by atoms with Crippen LogP contribution in [-0.4, -0.2) is 48.9 Å². The van der Waals surface area contributed by atoms with Gasteiger partial charge in [0.2, 0.25) is 11.1 Å². The van der Waals surface area contributed by atoms with Gasteiger partial charge >= 0.3 is 0 Å². The first-order valence-corrected chi connectivity index (χ1v) is 10.2. The summed E-state index contributed by atoms with van der Waals surface area (Å²) >= 11 is 1.38. The van der Waals surface area contributed by atoms with Gasteiger partial charge in [0.1, 0.15) is 5.52 Å². The fourth-order valence-corrected chi connectivity index (χ4v) is 4.42. The average molecular weight is 369 g/mol. The van der Waals surface area contributed by atoms with E-state index in [2.05, 4.69) is 34.7 Å². The molecule has 3 heterocycles. The van der Waals surface area contributed by atoms with Crippen LogP contribution in [0, 0.1) is 0 Å². The van der Waals surface area contributed by atoms with Crippen molar-refractivity contribution >= 4 is 39.7 Å². The molecule has 0 unspecified atom stereocenters. The second-order valence-electron chi connectivity index (χ2n) is 6.75. The number of amides is 1. The Bertz CT molecular complexity index is 954. The third-order valence-electron chi connectivity index (χ3n) is 5.12. The van der Waals surface area contributed by atoms with E-state index < -0.39 is 0 Å². The molecule has 1 aromatic carbocycles. The fourth-order valence-electron chi connectivity index (χ4n) is 3.75. The van der Waals surface area contributed by atoms with E-state index in [9.17, 15) is 4.79 Å². The first-order chi connectivity index (χ1) is 12.7. The molecule has 0 spiro atoms. The van der Waals surface area contributed by atoms with Gasteiger partial charge < -0.3 is 9.47 Å². The largest absolute Gasteiger partial charge is 0.339 e. The highest BCUT2D eigenvalue weighted by molar-refractivity contribution is 7.99. The second-order valence-corrected chi connectivity index (χ2v) is 7.69. The molecule has 136 valence electrons. The minimum Gasteiger partial charge on any atom is -0.339 e. The molecule has 0 N–H and O–H groups in total. The van der Waals surface area contributed by atoms with Crippen LogP contribution in [0.25, 0.3) is 22.1 Å². The van der Waals surface area contributed by atoms with Crippen molar-refractivity contribution in [3.05, 3.63) is 24.3 Å². The maximum atomic E-state index is 12.5. The lowest BCUT2D eigenvalue weighted by Crippen LogP contribution is -2.42. The Labute approximate surface area is 157 Å². The summed E-state index contributed by atoms with van der Waals surface area (Å²) < 4.78 is 2.15. The maximum Gasteiger partial charge on any atom is 0.233 e. The standard InChI is InChI=1S/C19H23N5OS/c1-3-23-15-10-5-4-9-14(15)17-18(23)20-19(22-21-17)26-12-16(25)24-11-7-6-8-13(24)2/h4-5,9-10,13H,3,6-8,11-12H2,1-2H3/t13-/m0/s1. The van der Waals surface area contributed by atoms with E-state index in [1.54, 1.807) is 0 Å². The molecule has 7 heteroatoms. The maximum absolute atomic E-state index is 12.5. The van der Waals surface area contributed by atoms with Crippen molar-refractivity contribution in [3.63, 3.8) is 0 Å². The Kier molecular flexibility index (Phi) is 4.80. The van der Waals surface area contributed by atoms with Gasteiger partial charge in [0.15, 0.2) is 5.65 Å². The van der Waals surface area contributed by atoms with Crippen LogP contribution in [-0.2, 0) is 11.3 Å². The summed E-state index contributed by atoms with van der Waals surface area (Å²) in [4.78, 5) is 19.2. The summed E-state index contributed by atoms with van der Waals surface area (Å²) in [6.07, 6.45) is 3.40. The summed E-state index contributed by atoms with van der Waals surface area (Å²) in [5.41, 5.74) is 2.78. The molecule has 0 bridgehead atoms. The third-order valence-corrected chi connectivity index (χ3v) is 5.94. The zero-order chi connectivity index (χ0) is 18.1. The SMILES string of the molecule is CCn1c2ccccc2c2nnc(SCC(=O)N3CCCC[C@@H]3C)nc21. The lowest BCUT2D eigenvalue weighted by atomic mass is 10.0. The average Bonchev–Trinajstić information content (AvgIpc) is 2.99. The number of aromatic nitrogens is 4. The quantitative estimate of drug-likeness (QED) is 0.659. The molecule has 1 atom stereocenters. The van der Waals surface area contributed by atoms with Gasteiger partial charge in [-0.05, 0) is 39.2 Å². The van der Waals surface area contributed by atoms with Crippen molar-refractivity contribution in [3.8, 4) is 0 Å². The van der Waals surface area contributed by atoms with Crippen molar-refractivity contribution in [2.45, 2.75) is 50.9 Å². The van der Waals surface area contributed by atoms with Crippen LogP contribution in [0.3, 0.4) is 0 Å². The van der Waals surface area contributed by atoms with E-state index in [0.29, 0.717) is 17.0 Å². The van der Waals surface area contributed by atoms with Crippen LogP contribution in [0.4, 0.5) is 0 Å². The first-order valence-electron chi connectivity index (χ1n) is 9.23. The molecule has 4 rings (SSSR count). The number of hydrogen-bond acceptors (Lipinski definition) is 5. The molecule has 3 aromatic rings. The van der Waals surface area contributed by atoms with Gasteiger partial charge in [-0.1, -0.05) is 30.0 Å². The van der Waals surface area contributed by atoms with Gasteiger partial charge in [-0.2, -0.15) is 0 Å². The monoisotopic (exact) mass is 369 g/mol. The van der Waals surface area contributed by atoms with E-state index in [0.717, 1.165) is 48.0 Å². The molecule has 1 saturated heterocycles. The molecule has 1 amide bonds. The van der Waals surface area contributed by atoms with E-state index in [4.69, 9.17) is 4.98 Å². The second kappa shape index (κ2) is 7.23. The number of nitrogens with zero attached hydrogens (tertiary/aromatic N) is 5. The summed E-state index contributed by atoms with van der Waals surface area (Å²) in [5, 5.41) is 10.3. The predicted octanol–water partition coefficient (Wildman–Crippen LogP) is 3.49. The molecule has 1 fully saturated rings. The molecule has 6 nitrogen and oxygen atoms in total. The summed E-state index contributed by atoms with van der Waals surface area (Å²) in [6.45, 7) is 5.91. The minimum atomic E-state index is 0.168. The number of likely N-dealkylation sites (tertiary alicyclic amines) is 1. The Morgan fingerprint density at radius 2 is 2.12 bits per heavy atom. The smallest absolute Gasteiger partial charge is 0.233 e. The number of thioether (sulfide) groups is 1. The molecule has 26 heavy (non-hydrogen) atoms. The summed E-state index contributed by atoms with van der Waals surface area (Å²) in [5.74, 6) is 0.533. The highest BCUT2D eigenvalue weighted by Crippen LogP contribution is 2.27. The van der Waals surface area contributed by atoms with Crippen LogP contribution in [0.5, 0.6) is 0 Å². The number of rotatable bonds is 4. The highest BCUT2D eigenvalue weighted by Gasteiger charge is 2.23. The Morgan fingerprint density at radius 1 is 1.27 bits per heavy atom. The summed E-state index contributed by atoms with van der Waals surface area (Å²) in [6, 6.07) is 8.49. The number of carbonyl (C=O) groups excluding carboxylic acids is 1. The van der Waals surface area contributed by atoms with Gasteiger partial charge in [0, 0.05) is 24.5 Å². The molecule has 1 aliphatic rings. The lowest BCUT2D eigenvalue weighted by Gasteiger charge is -2.33. The van der Waals surface area contributed by atoms with Gasteiger partial charge in [0.25, 0.3) is 0 Å². The number of benzene rings is 1. The Balaban J connectivity index is 1.57. The number of piperidine rings is 1. The zero-order valence-corrected chi connectivity index (χ0v) is 16.0. The molecule has 0 saturated carbocycles. The van der Waals surface area contributed by atoms with Gasteiger partial charge in [-0.25, -0.2) is 4.98 Å². The van der Waals surface area contributed by atoms with Gasteiger partial charge in [-0.15, -0.1) is 10.2 Å². The zero-order valence-electron chi connectivity index (χ0n) is 15.2. The predicted molar refractivity (Wildman–Crippen MR) is 104 cm³/mol. The lowest BCUT2D eigenvalue weighted by molar-refractivity contribution is -0.131. The Morgan fingerprint density at radius 3 is 2.92 bits per heavy atom. The van der Waals surface area contributed by atoms with Gasteiger partial charge in [-0.3, -0.25) is 4.79 Å². The summed E-state index contributed by atoms with van der Waals surface area (Å²) in [7, 11) is 0. The fraction of sp³-hybridized carbons (Fsp3) is 0.474.